The predicted octanol–water partition coefficient (Wildman–Crippen LogP) is 4.89. The van der Waals surface area contributed by atoms with E-state index in [9.17, 15) is 0 Å². The van der Waals surface area contributed by atoms with E-state index in [4.69, 9.17) is 4.42 Å². The molecule has 2 aromatic heterocycles. The summed E-state index contributed by atoms with van der Waals surface area (Å²) in [7, 11) is 0. The van der Waals surface area contributed by atoms with E-state index in [1.807, 2.05) is 62.4 Å². The smallest absolute Gasteiger partial charge is 0.226 e. The zero-order chi connectivity index (χ0) is 18.6. The molecular weight excluding hydrogens is 356 g/mol. The average Bonchev–Trinajstić information content (AvgIpc) is 3.25. The van der Waals surface area contributed by atoms with Crippen LogP contribution in [-0.2, 0) is 12.3 Å². The Morgan fingerprint density at radius 2 is 1.63 bits per heavy atom. The topological polar surface area (TPSA) is 56.7 Å². The molecule has 4 aromatic rings. The molecule has 0 amide bonds. The first-order valence-corrected chi connectivity index (χ1v) is 9.77. The van der Waals surface area contributed by atoms with Gasteiger partial charge in [-0.1, -0.05) is 60.3 Å². The first kappa shape index (κ1) is 17.5. The summed E-state index contributed by atoms with van der Waals surface area (Å²) in [5, 5.41) is 9.48. The van der Waals surface area contributed by atoms with E-state index in [0.717, 1.165) is 34.5 Å². The van der Waals surface area contributed by atoms with Crippen LogP contribution in [0, 0.1) is 13.8 Å². The van der Waals surface area contributed by atoms with Crippen molar-refractivity contribution in [1.82, 2.24) is 19.7 Å². The molecule has 0 aliphatic carbocycles. The van der Waals surface area contributed by atoms with Crippen molar-refractivity contribution in [2.24, 2.45) is 0 Å². The van der Waals surface area contributed by atoms with Crippen LogP contribution in [0.15, 0.2) is 70.2 Å². The molecule has 6 heteroatoms. The average molecular weight is 376 g/mol. The monoisotopic (exact) mass is 376 g/mol. The van der Waals surface area contributed by atoms with Gasteiger partial charge in [0.05, 0.1) is 12.2 Å². The Morgan fingerprint density at radius 1 is 0.926 bits per heavy atom. The molecule has 0 fully saturated rings. The van der Waals surface area contributed by atoms with Gasteiger partial charge >= 0.3 is 0 Å². The van der Waals surface area contributed by atoms with E-state index >= 15 is 0 Å². The normalized spacial score (nSPS) is 11.0. The first-order chi connectivity index (χ1) is 13.2. The maximum absolute atomic E-state index is 5.85. The lowest BCUT2D eigenvalue weighted by atomic mass is 10.2. The summed E-state index contributed by atoms with van der Waals surface area (Å²) in [6.07, 6.45) is 0. The predicted molar refractivity (Wildman–Crippen MR) is 107 cm³/mol. The standard InChI is InChI=1S/C21H20N4OS/c1-15-19(22-20(26-15)18-11-7-4-8-12-18)14-27-21-24-23-16(2)25(21)13-17-9-5-3-6-10-17/h3-12H,13-14H2,1-2H3. The Labute approximate surface area is 162 Å². The van der Waals surface area contributed by atoms with Crippen molar-refractivity contribution in [2.75, 3.05) is 0 Å². The number of rotatable bonds is 6. The molecule has 4 rings (SSSR count). The van der Waals surface area contributed by atoms with Crippen LogP contribution in [0.2, 0.25) is 0 Å². The number of nitrogens with zero attached hydrogens (tertiary/aromatic N) is 4. The molecule has 0 saturated heterocycles. The number of aryl methyl sites for hydroxylation is 2. The van der Waals surface area contributed by atoms with Crippen molar-refractivity contribution < 1.29 is 4.42 Å². The molecule has 5 nitrogen and oxygen atoms in total. The van der Waals surface area contributed by atoms with Gasteiger partial charge in [-0.05, 0) is 31.5 Å². The van der Waals surface area contributed by atoms with Crippen LogP contribution in [0.4, 0.5) is 0 Å². The minimum absolute atomic E-state index is 0.658. The van der Waals surface area contributed by atoms with Gasteiger partial charge in [0.1, 0.15) is 11.6 Å². The molecule has 0 spiro atoms. The fourth-order valence-electron chi connectivity index (χ4n) is 2.82. The van der Waals surface area contributed by atoms with Crippen LogP contribution in [-0.4, -0.2) is 19.7 Å². The van der Waals surface area contributed by atoms with E-state index in [1.54, 1.807) is 11.8 Å². The molecule has 0 atom stereocenters. The van der Waals surface area contributed by atoms with Gasteiger partial charge in [0, 0.05) is 11.3 Å². The SMILES string of the molecule is Cc1oc(-c2ccccc2)nc1CSc1nnc(C)n1Cc1ccccc1. The summed E-state index contributed by atoms with van der Waals surface area (Å²) >= 11 is 1.63. The summed E-state index contributed by atoms with van der Waals surface area (Å²) in [5.41, 5.74) is 3.15. The highest BCUT2D eigenvalue weighted by molar-refractivity contribution is 7.98. The molecule has 0 saturated carbocycles. The Bertz CT molecular complexity index is 1030. The quantitative estimate of drug-likeness (QED) is 0.448. The molecule has 2 aromatic carbocycles. The minimum Gasteiger partial charge on any atom is -0.441 e. The van der Waals surface area contributed by atoms with Gasteiger partial charge < -0.3 is 8.98 Å². The Balaban J connectivity index is 1.51. The molecule has 0 bridgehead atoms. The molecule has 136 valence electrons. The maximum atomic E-state index is 5.85. The third kappa shape index (κ3) is 3.95. The summed E-state index contributed by atoms with van der Waals surface area (Å²) in [4.78, 5) is 4.67. The van der Waals surface area contributed by atoms with Gasteiger partial charge in [0.25, 0.3) is 0 Å². The molecule has 27 heavy (non-hydrogen) atoms. The van der Waals surface area contributed by atoms with Crippen molar-refractivity contribution in [1.29, 1.82) is 0 Å². The highest BCUT2D eigenvalue weighted by Gasteiger charge is 2.15. The lowest BCUT2D eigenvalue weighted by molar-refractivity contribution is 0.540. The first-order valence-electron chi connectivity index (χ1n) is 8.79. The number of oxazole rings is 1. The fraction of sp³-hybridized carbons (Fsp3) is 0.190. The molecule has 2 heterocycles. The van der Waals surface area contributed by atoms with Crippen molar-refractivity contribution in [3.05, 3.63) is 83.5 Å². The van der Waals surface area contributed by atoms with Crippen LogP contribution in [0.5, 0.6) is 0 Å². The Hall–Kier alpha value is -2.86. The maximum Gasteiger partial charge on any atom is 0.226 e. The largest absolute Gasteiger partial charge is 0.441 e. The minimum atomic E-state index is 0.658. The van der Waals surface area contributed by atoms with Gasteiger partial charge in [-0.3, -0.25) is 0 Å². The van der Waals surface area contributed by atoms with Gasteiger partial charge in [-0.25, -0.2) is 4.98 Å². The molecule has 0 radical (unpaired) electrons. The molecule has 0 N–H and O–H groups in total. The highest BCUT2D eigenvalue weighted by atomic mass is 32.2. The fourth-order valence-corrected chi connectivity index (χ4v) is 3.80. The molecule has 0 aliphatic rings. The number of aromatic nitrogens is 4. The van der Waals surface area contributed by atoms with Gasteiger partial charge in [0.15, 0.2) is 5.16 Å². The highest BCUT2D eigenvalue weighted by Crippen LogP contribution is 2.27. The zero-order valence-corrected chi connectivity index (χ0v) is 16.1. The van der Waals surface area contributed by atoms with Crippen LogP contribution >= 0.6 is 11.8 Å². The third-order valence-electron chi connectivity index (χ3n) is 4.34. The summed E-state index contributed by atoms with van der Waals surface area (Å²) in [6, 6.07) is 20.3. The Morgan fingerprint density at radius 3 is 2.37 bits per heavy atom. The van der Waals surface area contributed by atoms with Crippen LogP contribution in [0.25, 0.3) is 11.5 Å². The second-order valence-corrected chi connectivity index (χ2v) is 7.22. The number of hydrogen-bond donors (Lipinski definition) is 0. The summed E-state index contributed by atoms with van der Waals surface area (Å²) in [6.45, 7) is 4.69. The van der Waals surface area contributed by atoms with E-state index in [0.29, 0.717) is 11.6 Å². The summed E-state index contributed by atoms with van der Waals surface area (Å²) < 4.78 is 7.99. The second kappa shape index (κ2) is 7.80. The van der Waals surface area contributed by atoms with E-state index in [-0.39, 0.29) is 0 Å². The van der Waals surface area contributed by atoms with Gasteiger partial charge in [-0.15, -0.1) is 10.2 Å². The number of thioether (sulfide) groups is 1. The second-order valence-electron chi connectivity index (χ2n) is 6.28. The lowest BCUT2D eigenvalue weighted by Crippen LogP contribution is -2.04. The number of benzene rings is 2. The van der Waals surface area contributed by atoms with Crippen LogP contribution in [0.1, 0.15) is 22.8 Å². The van der Waals surface area contributed by atoms with Crippen molar-refractivity contribution in [2.45, 2.75) is 31.3 Å². The van der Waals surface area contributed by atoms with Crippen molar-refractivity contribution in [3.8, 4) is 11.5 Å². The summed E-state index contributed by atoms with van der Waals surface area (Å²) in [5.74, 6) is 3.09. The third-order valence-corrected chi connectivity index (χ3v) is 5.31. The lowest BCUT2D eigenvalue weighted by Gasteiger charge is -2.08. The van der Waals surface area contributed by atoms with Crippen molar-refractivity contribution >= 4 is 11.8 Å². The van der Waals surface area contributed by atoms with Crippen LogP contribution < -0.4 is 0 Å². The van der Waals surface area contributed by atoms with Crippen molar-refractivity contribution in [3.63, 3.8) is 0 Å². The van der Waals surface area contributed by atoms with E-state index < -0.39 is 0 Å². The van der Waals surface area contributed by atoms with E-state index in [2.05, 4.69) is 31.9 Å². The van der Waals surface area contributed by atoms with Gasteiger partial charge in [0.2, 0.25) is 5.89 Å². The molecular formula is C21H20N4OS. The Kier molecular flexibility index (Phi) is 5.07. The van der Waals surface area contributed by atoms with Crippen LogP contribution in [0.3, 0.4) is 0 Å². The molecule has 0 aliphatic heterocycles. The van der Waals surface area contributed by atoms with E-state index in [1.165, 1.54) is 5.56 Å². The zero-order valence-electron chi connectivity index (χ0n) is 15.3. The molecule has 0 unspecified atom stereocenters. The van der Waals surface area contributed by atoms with Gasteiger partial charge in [-0.2, -0.15) is 0 Å². The number of hydrogen-bond acceptors (Lipinski definition) is 5.